The Bertz CT molecular complexity index is 759. The van der Waals surface area contributed by atoms with Crippen LogP contribution in [0.5, 0.6) is 0 Å². The first kappa shape index (κ1) is 11.8. The molecule has 2 heteroatoms. The maximum atomic E-state index is 12.6. The van der Waals surface area contributed by atoms with E-state index in [1.54, 1.807) is 0 Å². The van der Waals surface area contributed by atoms with Gasteiger partial charge in [0.1, 0.15) is 5.78 Å². The van der Waals surface area contributed by atoms with Crippen LogP contribution in [-0.2, 0) is 4.79 Å². The van der Waals surface area contributed by atoms with Crippen molar-refractivity contribution in [3.8, 4) is 0 Å². The highest BCUT2D eigenvalue weighted by molar-refractivity contribution is 6.13. The van der Waals surface area contributed by atoms with Crippen LogP contribution in [0.3, 0.4) is 0 Å². The molecule has 0 aliphatic heterocycles. The zero-order valence-corrected chi connectivity index (χ0v) is 11.5. The predicted molar refractivity (Wildman–Crippen MR) is 78.0 cm³/mol. The number of benzene rings is 2. The molecule has 0 amide bonds. The van der Waals surface area contributed by atoms with E-state index in [9.17, 15) is 9.59 Å². The summed E-state index contributed by atoms with van der Waals surface area (Å²) in [5, 5.41) is 2.14. The minimum atomic E-state index is -0.466. The molecule has 2 aliphatic rings. The summed E-state index contributed by atoms with van der Waals surface area (Å²) in [6.45, 7) is 1.98. The summed E-state index contributed by atoms with van der Waals surface area (Å²) in [4.78, 5) is 24.8. The molecule has 0 bridgehead atoms. The summed E-state index contributed by atoms with van der Waals surface area (Å²) in [6, 6.07) is 12.2. The van der Waals surface area contributed by atoms with Crippen molar-refractivity contribution in [3.63, 3.8) is 0 Å². The van der Waals surface area contributed by atoms with Crippen molar-refractivity contribution in [1.29, 1.82) is 0 Å². The molecule has 0 spiro atoms. The third kappa shape index (κ3) is 1.34. The van der Waals surface area contributed by atoms with Crippen LogP contribution < -0.4 is 0 Å². The number of rotatable bonds is 0. The van der Waals surface area contributed by atoms with Gasteiger partial charge >= 0.3 is 0 Å². The molecule has 1 fully saturated rings. The van der Waals surface area contributed by atoms with E-state index in [0.29, 0.717) is 12.8 Å². The molecule has 2 aliphatic carbocycles. The van der Waals surface area contributed by atoms with Gasteiger partial charge in [-0.15, -0.1) is 0 Å². The van der Waals surface area contributed by atoms with Crippen molar-refractivity contribution in [3.05, 3.63) is 47.5 Å². The van der Waals surface area contributed by atoms with Gasteiger partial charge in [0.05, 0.1) is 0 Å². The molecule has 0 N–H and O–H groups in total. The van der Waals surface area contributed by atoms with Crippen molar-refractivity contribution in [2.24, 2.45) is 5.41 Å². The van der Waals surface area contributed by atoms with E-state index >= 15 is 0 Å². The first-order valence-corrected chi connectivity index (χ1v) is 7.19. The minimum Gasteiger partial charge on any atom is -0.299 e. The molecule has 4 rings (SSSR count). The molecule has 100 valence electrons. The van der Waals surface area contributed by atoms with Crippen LogP contribution in [0.1, 0.15) is 48.0 Å². The second-order valence-corrected chi connectivity index (χ2v) is 6.28. The molecular weight excluding hydrogens is 248 g/mol. The molecule has 2 aromatic carbocycles. The SMILES string of the molecule is CC12CC(=O)c3c(ccc4ccccc34)C1CCC2=O. The third-order valence-electron chi connectivity index (χ3n) is 5.21. The van der Waals surface area contributed by atoms with Crippen molar-refractivity contribution in [2.75, 3.05) is 0 Å². The van der Waals surface area contributed by atoms with Gasteiger partial charge in [-0.1, -0.05) is 43.3 Å². The number of carbonyl (C=O) groups is 2. The lowest BCUT2D eigenvalue weighted by atomic mass is 9.65. The number of fused-ring (bicyclic) bond motifs is 5. The lowest BCUT2D eigenvalue weighted by Gasteiger charge is -2.36. The largest absolute Gasteiger partial charge is 0.299 e. The number of hydrogen-bond acceptors (Lipinski definition) is 2. The molecule has 2 atom stereocenters. The van der Waals surface area contributed by atoms with E-state index in [4.69, 9.17) is 0 Å². The molecule has 20 heavy (non-hydrogen) atoms. The second-order valence-electron chi connectivity index (χ2n) is 6.28. The van der Waals surface area contributed by atoms with Crippen LogP contribution in [0.4, 0.5) is 0 Å². The Morgan fingerprint density at radius 3 is 2.75 bits per heavy atom. The first-order chi connectivity index (χ1) is 9.61. The summed E-state index contributed by atoms with van der Waals surface area (Å²) in [6.07, 6.45) is 1.87. The van der Waals surface area contributed by atoms with Crippen LogP contribution in [0.2, 0.25) is 0 Å². The van der Waals surface area contributed by atoms with Crippen LogP contribution in [0.15, 0.2) is 36.4 Å². The van der Waals surface area contributed by atoms with Gasteiger partial charge in [0.15, 0.2) is 5.78 Å². The van der Waals surface area contributed by atoms with Gasteiger partial charge in [0.25, 0.3) is 0 Å². The Morgan fingerprint density at radius 2 is 1.90 bits per heavy atom. The zero-order chi connectivity index (χ0) is 13.9. The smallest absolute Gasteiger partial charge is 0.164 e. The van der Waals surface area contributed by atoms with E-state index in [2.05, 4.69) is 12.1 Å². The lowest BCUT2D eigenvalue weighted by molar-refractivity contribution is -0.125. The molecule has 1 saturated carbocycles. The Labute approximate surface area is 117 Å². The monoisotopic (exact) mass is 264 g/mol. The van der Waals surface area contributed by atoms with Crippen molar-refractivity contribution in [1.82, 2.24) is 0 Å². The molecule has 0 heterocycles. The van der Waals surface area contributed by atoms with E-state index in [1.807, 2.05) is 31.2 Å². The molecule has 2 unspecified atom stereocenters. The Balaban J connectivity index is 2.04. The average Bonchev–Trinajstić information content (AvgIpc) is 2.74. The lowest BCUT2D eigenvalue weighted by Crippen LogP contribution is -2.35. The van der Waals surface area contributed by atoms with Gasteiger partial charge < -0.3 is 0 Å². The molecule has 0 saturated heterocycles. The van der Waals surface area contributed by atoms with Gasteiger partial charge in [-0.05, 0) is 28.7 Å². The fourth-order valence-corrected chi connectivity index (χ4v) is 4.11. The number of carbonyl (C=O) groups excluding carboxylic acids is 2. The standard InChI is InChI=1S/C18H16O2/c1-18-10-15(19)17-12-5-3-2-4-11(12)6-7-13(17)14(18)8-9-16(18)20/h2-7,14H,8-10H2,1H3. The Hall–Kier alpha value is -1.96. The van der Waals surface area contributed by atoms with E-state index < -0.39 is 5.41 Å². The minimum absolute atomic E-state index is 0.130. The fourth-order valence-electron chi connectivity index (χ4n) is 4.11. The number of ketones is 2. The molecular formula is C18H16O2. The highest BCUT2D eigenvalue weighted by Gasteiger charge is 2.51. The topological polar surface area (TPSA) is 34.1 Å². The zero-order valence-electron chi connectivity index (χ0n) is 11.5. The Kier molecular flexibility index (Phi) is 2.24. The fraction of sp³-hybridized carbons (Fsp3) is 0.333. The first-order valence-electron chi connectivity index (χ1n) is 7.19. The summed E-state index contributed by atoms with van der Waals surface area (Å²) < 4.78 is 0. The van der Waals surface area contributed by atoms with Crippen molar-refractivity contribution in [2.45, 2.75) is 32.1 Å². The maximum Gasteiger partial charge on any atom is 0.164 e. The highest BCUT2D eigenvalue weighted by atomic mass is 16.1. The number of Topliss-reactive ketones (excluding diaryl/α,β-unsaturated/α-hetero) is 2. The van der Waals surface area contributed by atoms with Gasteiger partial charge in [-0.3, -0.25) is 9.59 Å². The van der Waals surface area contributed by atoms with E-state index in [0.717, 1.165) is 28.3 Å². The van der Waals surface area contributed by atoms with Crippen LogP contribution in [-0.4, -0.2) is 11.6 Å². The van der Waals surface area contributed by atoms with Crippen molar-refractivity contribution < 1.29 is 9.59 Å². The Morgan fingerprint density at radius 1 is 1.10 bits per heavy atom. The van der Waals surface area contributed by atoms with Gasteiger partial charge in [0.2, 0.25) is 0 Å². The molecule has 0 aromatic heterocycles. The highest BCUT2D eigenvalue weighted by Crippen LogP contribution is 2.54. The van der Waals surface area contributed by atoms with Gasteiger partial charge in [-0.2, -0.15) is 0 Å². The van der Waals surface area contributed by atoms with Gasteiger partial charge in [0, 0.05) is 23.8 Å². The van der Waals surface area contributed by atoms with Crippen LogP contribution in [0.25, 0.3) is 10.8 Å². The summed E-state index contributed by atoms with van der Waals surface area (Å²) in [5.41, 5.74) is 1.49. The normalized spacial score (nSPS) is 28.6. The van der Waals surface area contributed by atoms with Gasteiger partial charge in [-0.25, -0.2) is 0 Å². The molecule has 2 aromatic rings. The summed E-state index contributed by atoms with van der Waals surface area (Å²) >= 11 is 0. The average molecular weight is 264 g/mol. The van der Waals surface area contributed by atoms with Crippen LogP contribution in [0, 0.1) is 5.41 Å². The maximum absolute atomic E-state index is 12.6. The van der Waals surface area contributed by atoms with Crippen LogP contribution >= 0.6 is 0 Å². The predicted octanol–water partition coefficient (Wildman–Crippen LogP) is 3.88. The third-order valence-corrected chi connectivity index (χ3v) is 5.21. The summed E-state index contributed by atoms with van der Waals surface area (Å²) in [7, 11) is 0. The van der Waals surface area contributed by atoms with E-state index in [-0.39, 0.29) is 17.5 Å². The molecule has 0 radical (unpaired) electrons. The second kappa shape index (κ2) is 3.78. The molecule has 2 nitrogen and oxygen atoms in total. The number of hydrogen-bond donors (Lipinski definition) is 0. The van der Waals surface area contributed by atoms with Crippen molar-refractivity contribution >= 4 is 22.3 Å². The van der Waals surface area contributed by atoms with E-state index in [1.165, 1.54) is 0 Å². The quantitative estimate of drug-likeness (QED) is 0.723. The summed E-state index contributed by atoms with van der Waals surface area (Å²) in [5.74, 6) is 0.604.